The number of fused-ring (bicyclic) bond motifs is 3. The first-order valence-corrected chi connectivity index (χ1v) is 8.57. The second kappa shape index (κ2) is 5.77. The average Bonchev–Trinajstić information content (AvgIpc) is 3.26. The van der Waals surface area contributed by atoms with E-state index < -0.39 is 0 Å². The summed E-state index contributed by atoms with van der Waals surface area (Å²) in [5.41, 5.74) is 4.04. The second-order valence-corrected chi connectivity index (χ2v) is 6.40. The van der Waals surface area contributed by atoms with Gasteiger partial charge in [-0.3, -0.25) is 4.57 Å². The summed E-state index contributed by atoms with van der Waals surface area (Å²) in [6.07, 6.45) is 0. The van der Waals surface area contributed by atoms with Crippen molar-refractivity contribution in [1.29, 1.82) is 0 Å². The minimum Gasteiger partial charge on any atom is -0.493 e. The molecule has 0 saturated carbocycles. The first-order chi connectivity index (χ1) is 13.2. The number of carbonyl (C=O) groups excluding carboxylic acids is 1. The van der Waals surface area contributed by atoms with Gasteiger partial charge in [-0.1, -0.05) is 18.2 Å². The smallest absolute Gasteiger partial charge is 0.338 e. The molecule has 2 aliphatic rings. The number of hydrogen-bond acceptors (Lipinski definition) is 6. The number of ether oxygens (including phenoxy) is 3. The molecule has 2 aromatic carbocycles. The van der Waals surface area contributed by atoms with E-state index in [0.717, 1.165) is 22.3 Å². The molecular formula is C20H17N3O4. The Morgan fingerprint density at radius 3 is 2.78 bits per heavy atom. The van der Waals surface area contributed by atoms with Gasteiger partial charge in [-0.2, -0.15) is 0 Å². The summed E-state index contributed by atoms with van der Waals surface area (Å²) >= 11 is 0. The Hall–Kier alpha value is -3.48. The fraction of sp³-hybridized carbons (Fsp3) is 0.200. The average molecular weight is 363 g/mol. The Bertz CT molecular complexity index is 1120. The highest BCUT2D eigenvalue weighted by molar-refractivity contribution is 5.96. The standard InChI is InChI=1S/C20H17N3O4/c1-25-15-8-7-11(9-16(15)26-2)18-17-13(10-27-19(17)24)22-20-21-12-5-3-4-6-14(12)23(18)20/h3-9,18H,10H2,1-2H3,(H,21,22). The summed E-state index contributed by atoms with van der Waals surface area (Å²) < 4.78 is 18.1. The molecule has 1 aromatic heterocycles. The van der Waals surface area contributed by atoms with E-state index in [2.05, 4.69) is 10.3 Å². The van der Waals surface area contributed by atoms with Gasteiger partial charge in [-0.05, 0) is 29.8 Å². The summed E-state index contributed by atoms with van der Waals surface area (Å²) in [6.45, 7) is 0.223. The van der Waals surface area contributed by atoms with E-state index in [1.165, 1.54) is 0 Å². The zero-order valence-corrected chi connectivity index (χ0v) is 14.9. The molecule has 5 rings (SSSR count). The molecule has 0 saturated heterocycles. The van der Waals surface area contributed by atoms with Gasteiger partial charge in [0.1, 0.15) is 6.61 Å². The van der Waals surface area contributed by atoms with Crippen LogP contribution in [0.5, 0.6) is 11.5 Å². The number of carbonyl (C=O) groups is 1. The second-order valence-electron chi connectivity index (χ2n) is 6.40. The molecule has 7 nitrogen and oxygen atoms in total. The van der Waals surface area contributed by atoms with E-state index in [-0.39, 0.29) is 18.6 Å². The van der Waals surface area contributed by atoms with Crippen molar-refractivity contribution in [1.82, 2.24) is 9.55 Å². The number of para-hydroxylation sites is 2. The maximum absolute atomic E-state index is 12.5. The zero-order valence-electron chi connectivity index (χ0n) is 14.9. The Balaban J connectivity index is 1.77. The van der Waals surface area contributed by atoms with Gasteiger partial charge in [0, 0.05) is 0 Å². The van der Waals surface area contributed by atoms with Gasteiger partial charge < -0.3 is 19.5 Å². The van der Waals surface area contributed by atoms with Crippen molar-refractivity contribution in [2.45, 2.75) is 6.04 Å². The number of cyclic esters (lactones) is 1. The predicted octanol–water partition coefficient (Wildman–Crippen LogP) is 2.88. The molecule has 0 bridgehead atoms. The van der Waals surface area contributed by atoms with Crippen molar-refractivity contribution in [3.8, 4) is 11.5 Å². The van der Waals surface area contributed by atoms with E-state index in [0.29, 0.717) is 23.0 Å². The van der Waals surface area contributed by atoms with Crippen molar-refractivity contribution >= 4 is 23.0 Å². The molecule has 0 radical (unpaired) electrons. The number of nitrogens with zero attached hydrogens (tertiary/aromatic N) is 2. The predicted molar refractivity (Wildman–Crippen MR) is 99.0 cm³/mol. The van der Waals surface area contributed by atoms with Crippen LogP contribution in [0.2, 0.25) is 0 Å². The van der Waals surface area contributed by atoms with Crippen molar-refractivity contribution < 1.29 is 19.0 Å². The lowest BCUT2D eigenvalue weighted by Gasteiger charge is -2.27. The van der Waals surface area contributed by atoms with Crippen LogP contribution in [0.15, 0.2) is 53.7 Å². The fourth-order valence-electron chi connectivity index (χ4n) is 3.79. The largest absolute Gasteiger partial charge is 0.493 e. The number of hydrogen-bond donors (Lipinski definition) is 1. The number of rotatable bonds is 3. The van der Waals surface area contributed by atoms with Crippen molar-refractivity contribution in [3.63, 3.8) is 0 Å². The molecule has 1 atom stereocenters. The first kappa shape index (κ1) is 15.7. The maximum Gasteiger partial charge on any atom is 0.338 e. The van der Waals surface area contributed by atoms with Crippen LogP contribution in [0.4, 0.5) is 5.95 Å². The number of imidazole rings is 1. The van der Waals surface area contributed by atoms with Crippen molar-refractivity contribution in [2.75, 3.05) is 26.1 Å². The molecule has 27 heavy (non-hydrogen) atoms. The van der Waals surface area contributed by atoms with Crippen molar-refractivity contribution in [2.24, 2.45) is 0 Å². The molecule has 0 aliphatic carbocycles. The van der Waals surface area contributed by atoms with Gasteiger partial charge in [-0.25, -0.2) is 9.78 Å². The highest BCUT2D eigenvalue weighted by atomic mass is 16.5. The first-order valence-electron chi connectivity index (χ1n) is 8.57. The summed E-state index contributed by atoms with van der Waals surface area (Å²) in [6, 6.07) is 13.2. The zero-order chi connectivity index (χ0) is 18.5. The molecular weight excluding hydrogens is 346 g/mol. The fourth-order valence-corrected chi connectivity index (χ4v) is 3.79. The molecule has 0 amide bonds. The lowest BCUT2D eigenvalue weighted by Crippen LogP contribution is -2.25. The Morgan fingerprint density at radius 1 is 1.15 bits per heavy atom. The summed E-state index contributed by atoms with van der Waals surface area (Å²) in [5, 5.41) is 3.26. The molecule has 3 heterocycles. The Morgan fingerprint density at radius 2 is 1.96 bits per heavy atom. The van der Waals surface area contributed by atoms with E-state index in [9.17, 15) is 4.79 Å². The topological polar surface area (TPSA) is 74.6 Å². The Kier molecular flexibility index (Phi) is 3.36. The van der Waals surface area contributed by atoms with E-state index in [1.807, 2.05) is 47.0 Å². The number of anilines is 1. The van der Waals surface area contributed by atoms with Gasteiger partial charge in [0.05, 0.1) is 42.6 Å². The lowest BCUT2D eigenvalue weighted by molar-refractivity contribution is -0.136. The van der Waals surface area contributed by atoms with Gasteiger partial charge in [0.25, 0.3) is 0 Å². The summed E-state index contributed by atoms with van der Waals surface area (Å²) in [5.74, 6) is 1.61. The molecule has 2 aliphatic heterocycles. The molecule has 7 heteroatoms. The van der Waals surface area contributed by atoms with E-state index in [1.54, 1.807) is 14.2 Å². The van der Waals surface area contributed by atoms with E-state index >= 15 is 0 Å². The molecule has 0 spiro atoms. The minimum absolute atomic E-state index is 0.223. The van der Waals surface area contributed by atoms with Gasteiger partial charge in [-0.15, -0.1) is 0 Å². The van der Waals surface area contributed by atoms with Crippen LogP contribution in [0.3, 0.4) is 0 Å². The number of methoxy groups -OCH3 is 2. The van der Waals surface area contributed by atoms with E-state index in [4.69, 9.17) is 14.2 Å². The van der Waals surface area contributed by atoms with Crippen LogP contribution < -0.4 is 14.8 Å². The lowest BCUT2D eigenvalue weighted by atomic mass is 9.95. The molecule has 1 N–H and O–H groups in total. The highest BCUT2D eigenvalue weighted by Gasteiger charge is 2.40. The Labute approximate surface area is 155 Å². The van der Waals surface area contributed by atoms with Gasteiger partial charge in [0.15, 0.2) is 11.5 Å². The third-order valence-corrected chi connectivity index (χ3v) is 5.01. The van der Waals surface area contributed by atoms with Crippen LogP contribution in [-0.2, 0) is 9.53 Å². The number of benzene rings is 2. The number of esters is 1. The van der Waals surface area contributed by atoms with Crippen LogP contribution >= 0.6 is 0 Å². The maximum atomic E-state index is 12.5. The quantitative estimate of drug-likeness (QED) is 0.722. The highest BCUT2D eigenvalue weighted by Crippen LogP contribution is 2.43. The third kappa shape index (κ3) is 2.21. The molecule has 1 unspecified atom stereocenters. The summed E-state index contributed by atoms with van der Waals surface area (Å²) in [4.78, 5) is 17.2. The van der Waals surface area contributed by atoms with Crippen LogP contribution in [0.1, 0.15) is 11.6 Å². The molecule has 3 aromatic rings. The third-order valence-electron chi connectivity index (χ3n) is 5.01. The molecule has 136 valence electrons. The normalized spacial score (nSPS) is 18.0. The van der Waals surface area contributed by atoms with Crippen LogP contribution in [-0.4, -0.2) is 36.3 Å². The number of aromatic nitrogens is 2. The number of nitrogens with one attached hydrogen (secondary N) is 1. The van der Waals surface area contributed by atoms with Crippen molar-refractivity contribution in [3.05, 3.63) is 59.3 Å². The SMILES string of the molecule is COc1ccc(C2C3=C(COC3=O)Nc3nc4ccccc4n32)cc1OC. The molecule has 0 fully saturated rings. The summed E-state index contributed by atoms with van der Waals surface area (Å²) in [7, 11) is 3.19. The monoisotopic (exact) mass is 363 g/mol. The van der Waals surface area contributed by atoms with Gasteiger partial charge in [0.2, 0.25) is 5.95 Å². The van der Waals surface area contributed by atoms with Gasteiger partial charge >= 0.3 is 5.97 Å². The van der Waals surface area contributed by atoms with Crippen LogP contribution in [0, 0.1) is 0 Å². The van der Waals surface area contributed by atoms with Crippen LogP contribution in [0.25, 0.3) is 11.0 Å². The minimum atomic E-state index is -0.363.